The van der Waals surface area contributed by atoms with Crippen LogP contribution in [0.5, 0.6) is 11.5 Å². The molecule has 0 atom stereocenters. The van der Waals surface area contributed by atoms with Crippen LogP contribution in [0.15, 0.2) is 65.1 Å². The minimum Gasteiger partial charge on any atom is -0.492 e. The highest BCUT2D eigenvalue weighted by atomic mass is 79.9. The summed E-state index contributed by atoms with van der Waals surface area (Å²) in [5, 5.41) is 4.56. The van der Waals surface area contributed by atoms with Gasteiger partial charge in [0.1, 0.15) is 11.5 Å². The minimum atomic E-state index is -0.464. The van der Waals surface area contributed by atoms with Gasteiger partial charge in [-0.05, 0) is 59.2 Å². The van der Waals surface area contributed by atoms with E-state index in [1.54, 1.807) is 24.3 Å². The zero-order chi connectivity index (χ0) is 23.8. The topological polar surface area (TPSA) is 88.7 Å². The number of benzene rings is 3. The monoisotopic (exact) mass is 529 g/mol. The van der Waals surface area contributed by atoms with Crippen molar-refractivity contribution in [2.45, 2.75) is 13.8 Å². The van der Waals surface area contributed by atoms with Crippen molar-refractivity contribution in [1.82, 2.24) is 16.2 Å². The average Bonchev–Trinajstić information content (AvgIpc) is 2.80. The summed E-state index contributed by atoms with van der Waals surface area (Å²) in [5.74, 6) is 0.403. The van der Waals surface area contributed by atoms with Crippen LogP contribution in [0.2, 0.25) is 0 Å². The lowest BCUT2D eigenvalue weighted by molar-refractivity contribution is -0.123. The van der Waals surface area contributed by atoms with E-state index in [1.807, 2.05) is 50.2 Å². The van der Waals surface area contributed by atoms with Crippen molar-refractivity contribution in [3.8, 4) is 11.5 Å². The summed E-state index contributed by atoms with van der Waals surface area (Å²) in [4.78, 5) is 24.7. The van der Waals surface area contributed by atoms with E-state index >= 15 is 0 Å². The lowest BCUT2D eigenvalue weighted by Crippen LogP contribution is -2.49. The SMILES string of the molecule is CC(C)COc1ccc(Br)cc1C(=O)NC(=S)NNC(=O)COc1ccc2ccccc2c1. The van der Waals surface area contributed by atoms with E-state index in [0.717, 1.165) is 15.2 Å². The first-order valence-electron chi connectivity index (χ1n) is 10.3. The summed E-state index contributed by atoms with van der Waals surface area (Å²) < 4.78 is 12.0. The van der Waals surface area contributed by atoms with Crippen LogP contribution in [0.4, 0.5) is 0 Å². The molecule has 3 N–H and O–H groups in total. The molecule has 7 nitrogen and oxygen atoms in total. The summed E-state index contributed by atoms with van der Waals surface area (Å²) in [5.41, 5.74) is 5.22. The van der Waals surface area contributed by atoms with Crippen LogP contribution >= 0.6 is 28.1 Å². The van der Waals surface area contributed by atoms with Gasteiger partial charge in [0.15, 0.2) is 11.7 Å². The number of rotatable bonds is 7. The second-order valence-corrected chi connectivity index (χ2v) is 8.92. The predicted molar refractivity (Wildman–Crippen MR) is 135 cm³/mol. The van der Waals surface area contributed by atoms with Gasteiger partial charge in [0.25, 0.3) is 11.8 Å². The number of fused-ring (bicyclic) bond motifs is 1. The molecule has 0 fully saturated rings. The molecule has 0 unspecified atom stereocenters. The fourth-order valence-corrected chi connectivity index (χ4v) is 3.34. The Hall–Kier alpha value is -3.17. The number of thiocarbonyl (C=S) groups is 1. The van der Waals surface area contributed by atoms with Crippen molar-refractivity contribution in [2.24, 2.45) is 5.92 Å². The Balaban J connectivity index is 1.48. The normalized spacial score (nSPS) is 10.5. The van der Waals surface area contributed by atoms with Crippen LogP contribution in [-0.2, 0) is 4.79 Å². The second-order valence-electron chi connectivity index (χ2n) is 7.60. The lowest BCUT2D eigenvalue weighted by Gasteiger charge is -2.15. The molecule has 0 radical (unpaired) electrons. The number of nitrogens with one attached hydrogen (secondary N) is 3. The van der Waals surface area contributed by atoms with Gasteiger partial charge in [-0.25, -0.2) is 0 Å². The molecule has 0 bridgehead atoms. The Morgan fingerprint density at radius 2 is 1.73 bits per heavy atom. The van der Waals surface area contributed by atoms with Gasteiger partial charge in [-0.15, -0.1) is 0 Å². The van der Waals surface area contributed by atoms with E-state index in [1.165, 1.54) is 0 Å². The standard InChI is InChI=1S/C24H24BrN3O4S/c1-15(2)13-32-21-10-8-18(25)12-20(21)23(30)26-24(33)28-27-22(29)14-31-19-9-7-16-5-3-4-6-17(16)11-19/h3-12,15H,13-14H2,1-2H3,(H,27,29)(H2,26,28,30,33). The van der Waals surface area contributed by atoms with Crippen molar-refractivity contribution < 1.29 is 19.1 Å². The molecule has 3 aromatic rings. The number of amides is 2. The van der Waals surface area contributed by atoms with Gasteiger partial charge in [0, 0.05) is 4.47 Å². The molecule has 2 amide bonds. The maximum Gasteiger partial charge on any atom is 0.276 e. The molecule has 9 heteroatoms. The van der Waals surface area contributed by atoms with Gasteiger partial charge >= 0.3 is 0 Å². The lowest BCUT2D eigenvalue weighted by atomic mass is 10.1. The van der Waals surface area contributed by atoms with Gasteiger partial charge in [-0.3, -0.25) is 25.8 Å². The first-order valence-corrected chi connectivity index (χ1v) is 11.5. The first-order chi connectivity index (χ1) is 15.8. The number of halogens is 1. The van der Waals surface area contributed by atoms with Crippen molar-refractivity contribution in [1.29, 1.82) is 0 Å². The highest BCUT2D eigenvalue weighted by Gasteiger charge is 2.15. The van der Waals surface area contributed by atoms with E-state index in [2.05, 4.69) is 32.1 Å². The van der Waals surface area contributed by atoms with E-state index < -0.39 is 11.8 Å². The summed E-state index contributed by atoms with van der Waals surface area (Å²) in [6, 6.07) is 18.6. The number of hydrogen-bond donors (Lipinski definition) is 3. The Morgan fingerprint density at radius 3 is 2.48 bits per heavy atom. The third kappa shape index (κ3) is 7.44. The molecule has 172 valence electrons. The smallest absolute Gasteiger partial charge is 0.276 e. The molecule has 33 heavy (non-hydrogen) atoms. The number of carbonyl (C=O) groups excluding carboxylic acids is 2. The number of hydrogen-bond acceptors (Lipinski definition) is 5. The first kappa shape index (κ1) is 24.5. The molecule has 0 aliphatic rings. The van der Waals surface area contributed by atoms with Gasteiger partial charge < -0.3 is 9.47 Å². The van der Waals surface area contributed by atoms with E-state index in [9.17, 15) is 9.59 Å². The molecule has 3 aromatic carbocycles. The highest BCUT2D eigenvalue weighted by Crippen LogP contribution is 2.24. The van der Waals surface area contributed by atoms with Crippen LogP contribution in [-0.4, -0.2) is 30.1 Å². The quantitative estimate of drug-likeness (QED) is 0.311. The maximum atomic E-state index is 12.7. The highest BCUT2D eigenvalue weighted by molar-refractivity contribution is 9.10. The number of carbonyl (C=O) groups is 2. The van der Waals surface area contributed by atoms with Crippen LogP contribution in [0.1, 0.15) is 24.2 Å². The summed E-state index contributed by atoms with van der Waals surface area (Å²) >= 11 is 8.47. The third-order valence-corrected chi connectivity index (χ3v) is 5.09. The van der Waals surface area contributed by atoms with E-state index in [0.29, 0.717) is 29.6 Å². The number of hydrazine groups is 1. The summed E-state index contributed by atoms with van der Waals surface area (Å²) in [7, 11) is 0. The van der Waals surface area contributed by atoms with Crippen molar-refractivity contribution in [2.75, 3.05) is 13.2 Å². The molecule has 0 aromatic heterocycles. The molecular weight excluding hydrogens is 506 g/mol. The molecule has 3 rings (SSSR count). The van der Waals surface area contributed by atoms with Gasteiger partial charge in [-0.1, -0.05) is 60.1 Å². The fraction of sp³-hybridized carbons (Fsp3) is 0.208. The fourth-order valence-electron chi connectivity index (χ4n) is 2.83. The number of ether oxygens (including phenoxy) is 2. The van der Waals surface area contributed by atoms with Crippen molar-refractivity contribution in [3.63, 3.8) is 0 Å². The van der Waals surface area contributed by atoms with Gasteiger partial charge in [-0.2, -0.15) is 0 Å². The van der Waals surface area contributed by atoms with Crippen LogP contribution in [0.25, 0.3) is 10.8 Å². The largest absolute Gasteiger partial charge is 0.492 e. The van der Waals surface area contributed by atoms with Crippen LogP contribution in [0.3, 0.4) is 0 Å². The van der Waals surface area contributed by atoms with E-state index in [-0.39, 0.29) is 11.7 Å². The molecular formula is C24H24BrN3O4S. The zero-order valence-electron chi connectivity index (χ0n) is 18.2. The average molecular weight is 530 g/mol. The molecule has 0 aliphatic heterocycles. The second kappa shape index (κ2) is 11.6. The van der Waals surface area contributed by atoms with E-state index in [4.69, 9.17) is 21.7 Å². The molecule has 0 spiro atoms. The Morgan fingerprint density at radius 1 is 0.970 bits per heavy atom. The van der Waals surface area contributed by atoms with Crippen molar-refractivity contribution in [3.05, 3.63) is 70.7 Å². The van der Waals surface area contributed by atoms with Crippen LogP contribution < -0.4 is 25.6 Å². The Bertz CT molecular complexity index is 1170. The van der Waals surface area contributed by atoms with Gasteiger partial charge in [0.2, 0.25) is 0 Å². The minimum absolute atomic E-state index is 0.0613. The van der Waals surface area contributed by atoms with Crippen molar-refractivity contribution >= 4 is 55.8 Å². The third-order valence-electron chi connectivity index (χ3n) is 4.39. The molecule has 0 heterocycles. The summed E-state index contributed by atoms with van der Waals surface area (Å²) in [6.45, 7) is 4.28. The predicted octanol–water partition coefficient (Wildman–Crippen LogP) is 4.35. The summed E-state index contributed by atoms with van der Waals surface area (Å²) in [6.07, 6.45) is 0. The zero-order valence-corrected chi connectivity index (χ0v) is 20.6. The Kier molecular flexibility index (Phi) is 8.62. The van der Waals surface area contributed by atoms with Gasteiger partial charge in [0.05, 0.1) is 12.2 Å². The molecule has 0 saturated heterocycles. The maximum absolute atomic E-state index is 12.7. The molecule has 0 saturated carbocycles. The Labute approximate surface area is 205 Å². The molecule has 0 aliphatic carbocycles. The van der Waals surface area contributed by atoms with Crippen LogP contribution in [0, 0.1) is 5.92 Å².